The van der Waals surface area contributed by atoms with E-state index in [9.17, 15) is 33.1 Å². The number of hydrogen-bond acceptors (Lipinski definition) is 5. The van der Waals surface area contributed by atoms with Gasteiger partial charge in [0.05, 0.1) is 18.2 Å². The predicted molar refractivity (Wildman–Crippen MR) is 83.1 cm³/mol. The van der Waals surface area contributed by atoms with E-state index in [1.54, 1.807) is 6.07 Å². The lowest BCUT2D eigenvalue weighted by molar-refractivity contribution is -0.143. The fourth-order valence-electron chi connectivity index (χ4n) is 2.96. The molecular formula is C17H13F3N2O4. The second-order valence-corrected chi connectivity index (χ2v) is 5.50. The van der Waals surface area contributed by atoms with Crippen molar-refractivity contribution in [3.63, 3.8) is 0 Å². The number of benzene rings is 1. The van der Waals surface area contributed by atoms with Crippen molar-refractivity contribution in [2.75, 3.05) is 7.11 Å². The second kappa shape index (κ2) is 7.00. The average Bonchev–Trinajstić information content (AvgIpc) is 2.58. The Labute approximate surface area is 146 Å². The molecule has 1 N–H and O–H groups in total. The summed E-state index contributed by atoms with van der Waals surface area (Å²) in [6.45, 7) is 1.29. The molecule has 0 fully saturated rings. The number of nitrogens with zero attached hydrogens (tertiary/aromatic N) is 2. The summed E-state index contributed by atoms with van der Waals surface area (Å²) in [6.07, 6.45) is -4.78. The van der Waals surface area contributed by atoms with E-state index in [2.05, 4.69) is 9.73 Å². The summed E-state index contributed by atoms with van der Waals surface area (Å²) in [7, 11) is 0.984. The molecule has 2 rings (SSSR count). The van der Waals surface area contributed by atoms with Crippen LogP contribution in [0.2, 0.25) is 0 Å². The quantitative estimate of drug-likeness (QED) is 0.829. The monoisotopic (exact) mass is 366 g/mol. The van der Waals surface area contributed by atoms with E-state index in [0.717, 1.165) is 25.3 Å². The molecule has 2 unspecified atom stereocenters. The molecule has 0 saturated carbocycles. The minimum atomic E-state index is -4.78. The molecule has 0 aliphatic carbocycles. The molecule has 0 aromatic heterocycles. The highest BCUT2D eigenvalue weighted by Crippen LogP contribution is 2.44. The van der Waals surface area contributed by atoms with Crippen molar-refractivity contribution >= 4 is 17.7 Å². The number of allylic oxidation sites excluding steroid dienone is 1. The Kier molecular flexibility index (Phi) is 5.16. The van der Waals surface area contributed by atoms with E-state index < -0.39 is 52.3 Å². The van der Waals surface area contributed by atoms with Crippen LogP contribution in [0.25, 0.3) is 0 Å². The Hall–Kier alpha value is -3.15. The van der Waals surface area contributed by atoms with Crippen molar-refractivity contribution in [2.45, 2.75) is 19.0 Å². The highest BCUT2D eigenvalue weighted by Gasteiger charge is 2.46. The Morgan fingerprint density at radius 3 is 2.42 bits per heavy atom. The zero-order valence-electron chi connectivity index (χ0n) is 13.7. The number of carbonyl (C=O) groups excluding carboxylic acids is 1. The number of ether oxygens (including phenoxy) is 1. The first-order valence-electron chi connectivity index (χ1n) is 7.30. The van der Waals surface area contributed by atoms with Gasteiger partial charge in [0.1, 0.15) is 12.0 Å². The van der Waals surface area contributed by atoms with E-state index >= 15 is 0 Å². The number of esters is 1. The number of alkyl halides is 3. The second-order valence-electron chi connectivity index (χ2n) is 5.50. The topological polar surface area (TPSA) is 99.8 Å². The first-order valence-corrected chi connectivity index (χ1v) is 7.30. The third-order valence-corrected chi connectivity index (χ3v) is 4.02. The van der Waals surface area contributed by atoms with Gasteiger partial charge < -0.3 is 9.84 Å². The molecule has 0 radical (unpaired) electrons. The van der Waals surface area contributed by atoms with Gasteiger partial charge in [0.2, 0.25) is 0 Å². The third kappa shape index (κ3) is 3.31. The highest BCUT2D eigenvalue weighted by atomic mass is 19.4. The third-order valence-electron chi connectivity index (χ3n) is 4.02. The number of carbonyl (C=O) groups is 2. The minimum absolute atomic E-state index is 0.0799. The molecule has 1 aromatic rings. The van der Waals surface area contributed by atoms with Crippen molar-refractivity contribution in [1.82, 2.24) is 0 Å². The molecule has 0 bridgehead atoms. The van der Waals surface area contributed by atoms with Gasteiger partial charge in [-0.1, -0.05) is 18.2 Å². The number of halogens is 3. The predicted octanol–water partition coefficient (Wildman–Crippen LogP) is 2.91. The van der Waals surface area contributed by atoms with Crippen LogP contribution in [0.15, 0.2) is 40.5 Å². The molecule has 6 nitrogen and oxygen atoms in total. The Balaban J connectivity index is 2.87. The maximum Gasteiger partial charge on any atom is 0.416 e. The lowest BCUT2D eigenvalue weighted by Gasteiger charge is -2.31. The van der Waals surface area contributed by atoms with E-state index in [-0.39, 0.29) is 5.71 Å². The van der Waals surface area contributed by atoms with E-state index in [0.29, 0.717) is 0 Å². The van der Waals surface area contributed by atoms with Crippen molar-refractivity contribution in [3.05, 3.63) is 46.7 Å². The van der Waals surface area contributed by atoms with Gasteiger partial charge in [0, 0.05) is 11.6 Å². The minimum Gasteiger partial charge on any atom is -0.481 e. The number of carboxylic acid groups (broad SMARTS) is 1. The van der Waals surface area contributed by atoms with Crippen LogP contribution in [0.4, 0.5) is 13.2 Å². The number of aliphatic imine (C=N–C) groups is 1. The van der Waals surface area contributed by atoms with Crippen LogP contribution in [0.1, 0.15) is 24.0 Å². The number of hydrogen-bond donors (Lipinski definition) is 1. The molecule has 26 heavy (non-hydrogen) atoms. The van der Waals surface area contributed by atoms with Gasteiger partial charge in [-0.2, -0.15) is 18.4 Å². The molecular weight excluding hydrogens is 353 g/mol. The van der Waals surface area contributed by atoms with E-state index in [1.165, 1.54) is 13.0 Å². The van der Waals surface area contributed by atoms with Crippen LogP contribution in [0.3, 0.4) is 0 Å². The number of rotatable bonds is 3. The van der Waals surface area contributed by atoms with Crippen LogP contribution < -0.4 is 0 Å². The lowest BCUT2D eigenvalue weighted by atomic mass is 9.74. The SMILES string of the molecule is COC(=O)C1=C(C#N)N=C(C)C(C(=O)O)C1c1ccccc1C(F)(F)F. The molecule has 0 amide bonds. The van der Waals surface area contributed by atoms with Gasteiger partial charge in [0.25, 0.3) is 0 Å². The molecule has 0 spiro atoms. The summed E-state index contributed by atoms with van der Waals surface area (Å²) >= 11 is 0. The van der Waals surface area contributed by atoms with Gasteiger partial charge in [-0.15, -0.1) is 0 Å². The number of aliphatic carboxylic acids is 1. The molecule has 9 heteroatoms. The normalized spacial score (nSPS) is 20.2. The fraction of sp³-hybridized carbons (Fsp3) is 0.294. The van der Waals surface area contributed by atoms with Crippen LogP contribution in [0.5, 0.6) is 0 Å². The number of nitriles is 1. The molecule has 1 heterocycles. The van der Waals surface area contributed by atoms with Gasteiger partial charge in [-0.25, -0.2) is 9.79 Å². The Bertz CT molecular complexity index is 865. The van der Waals surface area contributed by atoms with Gasteiger partial charge in [0.15, 0.2) is 5.70 Å². The zero-order chi connectivity index (χ0) is 19.6. The number of carboxylic acids is 1. The average molecular weight is 366 g/mol. The van der Waals surface area contributed by atoms with Crippen molar-refractivity contribution < 1.29 is 32.6 Å². The molecule has 2 atom stereocenters. The van der Waals surface area contributed by atoms with Crippen molar-refractivity contribution in [2.24, 2.45) is 10.9 Å². The van der Waals surface area contributed by atoms with Crippen LogP contribution in [0, 0.1) is 17.2 Å². The number of methoxy groups -OCH3 is 1. The first kappa shape index (κ1) is 19.2. The lowest BCUT2D eigenvalue weighted by Crippen LogP contribution is -2.36. The zero-order valence-corrected chi connectivity index (χ0v) is 13.7. The summed E-state index contributed by atoms with van der Waals surface area (Å²) in [6, 6.07) is 5.95. The summed E-state index contributed by atoms with van der Waals surface area (Å²) in [5.41, 5.74) is -2.58. The molecule has 1 aliphatic rings. The Morgan fingerprint density at radius 2 is 1.92 bits per heavy atom. The van der Waals surface area contributed by atoms with Crippen LogP contribution in [-0.2, 0) is 20.5 Å². The van der Waals surface area contributed by atoms with Gasteiger partial charge in [-0.3, -0.25) is 4.79 Å². The maximum absolute atomic E-state index is 13.4. The summed E-state index contributed by atoms with van der Waals surface area (Å²) in [5, 5.41) is 18.8. The van der Waals surface area contributed by atoms with E-state index in [4.69, 9.17) is 0 Å². The molecule has 1 aromatic carbocycles. The largest absolute Gasteiger partial charge is 0.481 e. The summed E-state index contributed by atoms with van der Waals surface area (Å²) in [5.74, 6) is -5.69. The van der Waals surface area contributed by atoms with Gasteiger partial charge in [-0.05, 0) is 18.6 Å². The highest BCUT2D eigenvalue weighted by molar-refractivity contribution is 6.07. The Morgan fingerprint density at radius 1 is 1.31 bits per heavy atom. The maximum atomic E-state index is 13.4. The summed E-state index contributed by atoms with van der Waals surface area (Å²) < 4.78 is 44.9. The summed E-state index contributed by atoms with van der Waals surface area (Å²) in [4.78, 5) is 27.7. The van der Waals surface area contributed by atoms with Crippen molar-refractivity contribution in [1.29, 1.82) is 5.26 Å². The van der Waals surface area contributed by atoms with Crippen molar-refractivity contribution in [3.8, 4) is 6.07 Å². The van der Waals surface area contributed by atoms with E-state index in [1.807, 2.05) is 0 Å². The van der Waals surface area contributed by atoms with Crippen LogP contribution >= 0.6 is 0 Å². The molecule has 136 valence electrons. The fourth-order valence-corrected chi connectivity index (χ4v) is 2.96. The smallest absolute Gasteiger partial charge is 0.416 e. The molecule has 1 aliphatic heterocycles. The van der Waals surface area contributed by atoms with Gasteiger partial charge >= 0.3 is 18.1 Å². The standard InChI is InChI=1S/C17H13F3N2O4/c1-8-12(15(23)24)13(14(16(25)26-2)11(7-21)22-8)9-5-3-4-6-10(9)17(18,19)20/h3-6,12-13H,1-2H3,(H,23,24). The first-order chi connectivity index (χ1) is 12.1. The van der Waals surface area contributed by atoms with Crippen LogP contribution in [-0.4, -0.2) is 29.9 Å². The molecule has 0 saturated heterocycles.